The lowest BCUT2D eigenvalue weighted by Crippen LogP contribution is -2.29. The van der Waals surface area contributed by atoms with E-state index in [9.17, 15) is 18.3 Å². The number of amides is 1. The maximum Gasteiger partial charge on any atom is 0.243 e. The Hall–Kier alpha value is -1.44. The predicted molar refractivity (Wildman–Crippen MR) is 77.6 cm³/mol. The SMILES string of the molecule is CC(=O)N1CCc2cc(S(=O)(=O)N3CC[C@@H](O)C3)ccc21. The minimum absolute atomic E-state index is 0.0352. The van der Waals surface area contributed by atoms with Crippen LogP contribution in [0.4, 0.5) is 5.69 Å². The summed E-state index contributed by atoms with van der Waals surface area (Å²) in [4.78, 5) is 13.4. The molecule has 2 aliphatic heterocycles. The molecule has 0 spiro atoms. The van der Waals surface area contributed by atoms with Crippen molar-refractivity contribution in [2.24, 2.45) is 0 Å². The molecule has 3 rings (SSSR count). The monoisotopic (exact) mass is 310 g/mol. The molecule has 0 aromatic heterocycles. The standard InChI is InChI=1S/C14H18N2O4S/c1-10(17)16-7-4-11-8-13(2-3-14(11)16)21(19,20)15-6-5-12(18)9-15/h2-3,8,12,18H,4-7,9H2,1H3/t12-/m1/s1. The van der Waals surface area contributed by atoms with Gasteiger partial charge in [-0.25, -0.2) is 8.42 Å². The number of carbonyl (C=O) groups excluding carboxylic acids is 1. The number of fused-ring (bicyclic) bond motifs is 1. The lowest BCUT2D eigenvalue weighted by Gasteiger charge is -2.18. The number of benzene rings is 1. The van der Waals surface area contributed by atoms with Crippen molar-refractivity contribution in [3.8, 4) is 0 Å². The molecule has 1 saturated heterocycles. The van der Waals surface area contributed by atoms with E-state index in [1.807, 2.05) is 0 Å². The Morgan fingerprint density at radius 2 is 2.10 bits per heavy atom. The average Bonchev–Trinajstić information content (AvgIpc) is 3.03. The number of hydrogen-bond donors (Lipinski definition) is 1. The average molecular weight is 310 g/mol. The van der Waals surface area contributed by atoms with Crippen molar-refractivity contribution in [3.63, 3.8) is 0 Å². The number of aliphatic hydroxyl groups excluding tert-OH is 1. The van der Waals surface area contributed by atoms with Crippen LogP contribution in [0.1, 0.15) is 18.9 Å². The molecule has 6 nitrogen and oxygen atoms in total. The molecule has 21 heavy (non-hydrogen) atoms. The molecule has 0 unspecified atom stereocenters. The van der Waals surface area contributed by atoms with Crippen LogP contribution in [0, 0.1) is 0 Å². The van der Waals surface area contributed by atoms with Gasteiger partial charge in [0.1, 0.15) is 0 Å². The van der Waals surface area contributed by atoms with Gasteiger partial charge < -0.3 is 10.0 Å². The van der Waals surface area contributed by atoms with Crippen molar-refractivity contribution >= 4 is 21.6 Å². The molecular weight excluding hydrogens is 292 g/mol. The largest absolute Gasteiger partial charge is 0.392 e. The second kappa shape index (κ2) is 5.08. The molecule has 1 N–H and O–H groups in total. The minimum Gasteiger partial charge on any atom is -0.392 e. The van der Waals surface area contributed by atoms with Gasteiger partial charge in [-0.2, -0.15) is 4.31 Å². The van der Waals surface area contributed by atoms with Crippen LogP contribution in [0.2, 0.25) is 0 Å². The van der Waals surface area contributed by atoms with Crippen LogP contribution in [0.5, 0.6) is 0 Å². The van der Waals surface area contributed by atoms with Crippen LogP contribution in [0.15, 0.2) is 23.1 Å². The van der Waals surface area contributed by atoms with E-state index in [0.29, 0.717) is 25.9 Å². The smallest absolute Gasteiger partial charge is 0.243 e. The maximum atomic E-state index is 12.5. The summed E-state index contributed by atoms with van der Waals surface area (Å²) in [5, 5.41) is 9.51. The van der Waals surface area contributed by atoms with Gasteiger partial charge in [0.25, 0.3) is 0 Å². The molecule has 2 aliphatic rings. The highest BCUT2D eigenvalue weighted by molar-refractivity contribution is 7.89. The Morgan fingerprint density at radius 1 is 1.33 bits per heavy atom. The van der Waals surface area contributed by atoms with Crippen LogP contribution in [-0.4, -0.2) is 49.5 Å². The zero-order chi connectivity index (χ0) is 15.2. The number of sulfonamides is 1. The fourth-order valence-electron chi connectivity index (χ4n) is 2.94. The first-order valence-electron chi connectivity index (χ1n) is 6.99. The lowest BCUT2D eigenvalue weighted by molar-refractivity contribution is -0.116. The van der Waals surface area contributed by atoms with Gasteiger partial charge in [-0.05, 0) is 36.6 Å². The van der Waals surface area contributed by atoms with Crippen molar-refractivity contribution < 1.29 is 18.3 Å². The Kier molecular flexibility index (Phi) is 3.51. The second-order valence-corrected chi connectivity index (χ2v) is 7.45. The Balaban J connectivity index is 1.93. The van der Waals surface area contributed by atoms with Crippen molar-refractivity contribution in [1.82, 2.24) is 4.31 Å². The van der Waals surface area contributed by atoms with Crippen LogP contribution in [-0.2, 0) is 21.2 Å². The highest BCUT2D eigenvalue weighted by Gasteiger charge is 2.33. The molecule has 1 aromatic rings. The molecule has 2 heterocycles. The number of hydrogen-bond acceptors (Lipinski definition) is 4. The van der Waals surface area contributed by atoms with Crippen molar-refractivity contribution in [2.45, 2.75) is 30.8 Å². The van der Waals surface area contributed by atoms with E-state index in [4.69, 9.17) is 0 Å². The first kappa shape index (κ1) is 14.5. The number of anilines is 1. The highest BCUT2D eigenvalue weighted by atomic mass is 32.2. The third kappa shape index (κ3) is 2.45. The Labute approximate surface area is 124 Å². The molecule has 0 aliphatic carbocycles. The van der Waals surface area contributed by atoms with E-state index in [2.05, 4.69) is 0 Å². The summed E-state index contributed by atoms with van der Waals surface area (Å²) in [7, 11) is -3.56. The fourth-order valence-corrected chi connectivity index (χ4v) is 4.49. The zero-order valence-electron chi connectivity index (χ0n) is 11.8. The molecule has 1 aromatic carbocycles. The molecule has 7 heteroatoms. The number of rotatable bonds is 2. The Bertz CT molecular complexity index is 686. The molecule has 0 radical (unpaired) electrons. The first-order chi connectivity index (χ1) is 9.89. The molecule has 114 valence electrons. The first-order valence-corrected chi connectivity index (χ1v) is 8.43. The molecule has 0 saturated carbocycles. The summed E-state index contributed by atoms with van der Waals surface area (Å²) >= 11 is 0. The third-order valence-corrected chi connectivity index (χ3v) is 5.95. The van der Waals surface area contributed by atoms with Crippen LogP contribution >= 0.6 is 0 Å². The lowest BCUT2D eigenvalue weighted by atomic mass is 10.2. The van der Waals surface area contributed by atoms with E-state index in [1.165, 1.54) is 11.2 Å². The zero-order valence-corrected chi connectivity index (χ0v) is 12.6. The molecule has 1 amide bonds. The predicted octanol–water partition coefficient (Wildman–Crippen LogP) is 0.351. The van der Waals surface area contributed by atoms with E-state index in [0.717, 1.165) is 11.3 Å². The molecular formula is C14H18N2O4S. The van der Waals surface area contributed by atoms with E-state index < -0.39 is 16.1 Å². The van der Waals surface area contributed by atoms with Crippen LogP contribution in [0.3, 0.4) is 0 Å². The van der Waals surface area contributed by atoms with Gasteiger partial charge in [-0.1, -0.05) is 0 Å². The topological polar surface area (TPSA) is 77.9 Å². The number of aliphatic hydroxyl groups is 1. The Morgan fingerprint density at radius 3 is 2.71 bits per heavy atom. The number of carbonyl (C=O) groups is 1. The van der Waals surface area contributed by atoms with Gasteiger partial charge in [0.2, 0.25) is 15.9 Å². The summed E-state index contributed by atoms with van der Waals surface area (Å²) in [5.41, 5.74) is 1.67. The van der Waals surface area contributed by atoms with Gasteiger partial charge in [0.15, 0.2) is 0 Å². The van der Waals surface area contributed by atoms with Crippen molar-refractivity contribution in [3.05, 3.63) is 23.8 Å². The quantitative estimate of drug-likeness (QED) is 0.855. The van der Waals surface area contributed by atoms with Gasteiger partial charge in [0.05, 0.1) is 11.0 Å². The molecule has 0 bridgehead atoms. The fraction of sp³-hybridized carbons (Fsp3) is 0.500. The summed E-state index contributed by atoms with van der Waals surface area (Å²) in [6.45, 7) is 2.60. The van der Waals surface area contributed by atoms with Gasteiger partial charge in [0, 0.05) is 32.2 Å². The van der Waals surface area contributed by atoms with Crippen molar-refractivity contribution in [1.29, 1.82) is 0 Å². The normalized spacial score (nSPS) is 22.6. The summed E-state index contributed by atoms with van der Waals surface area (Å²) in [6, 6.07) is 4.89. The maximum absolute atomic E-state index is 12.5. The van der Waals surface area contributed by atoms with E-state index in [-0.39, 0.29) is 17.3 Å². The van der Waals surface area contributed by atoms with E-state index >= 15 is 0 Å². The minimum atomic E-state index is -3.56. The summed E-state index contributed by atoms with van der Waals surface area (Å²) in [6.07, 6.45) is 0.561. The van der Waals surface area contributed by atoms with E-state index in [1.54, 1.807) is 23.1 Å². The summed E-state index contributed by atoms with van der Waals surface area (Å²) in [5.74, 6) is -0.0352. The van der Waals surface area contributed by atoms with Crippen LogP contribution in [0.25, 0.3) is 0 Å². The van der Waals surface area contributed by atoms with Gasteiger partial charge in [-0.15, -0.1) is 0 Å². The highest BCUT2D eigenvalue weighted by Crippen LogP contribution is 2.31. The van der Waals surface area contributed by atoms with Gasteiger partial charge >= 0.3 is 0 Å². The number of β-amino-alcohol motifs (C(OH)–C–C–N with tert-alkyl or cyclic N) is 1. The summed E-state index contributed by atoms with van der Waals surface area (Å²) < 4.78 is 26.4. The van der Waals surface area contributed by atoms with Crippen molar-refractivity contribution in [2.75, 3.05) is 24.5 Å². The molecule has 1 fully saturated rings. The second-order valence-electron chi connectivity index (χ2n) is 5.52. The number of nitrogens with zero attached hydrogens (tertiary/aromatic N) is 2. The molecule has 1 atom stereocenters. The van der Waals surface area contributed by atoms with Gasteiger partial charge in [-0.3, -0.25) is 4.79 Å². The third-order valence-electron chi connectivity index (χ3n) is 4.09. The van der Waals surface area contributed by atoms with Crippen LogP contribution < -0.4 is 4.90 Å².